The van der Waals surface area contributed by atoms with Crippen LogP contribution in [-0.2, 0) is 16.0 Å². The van der Waals surface area contributed by atoms with E-state index in [9.17, 15) is 9.59 Å². The molecule has 0 unspecified atom stereocenters. The maximum Gasteiger partial charge on any atom is 0.260 e. The first kappa shape index (κ1) is 17.1. The van der Waals surface area contributed by atoms with Crippen LogP contribution in [0.1, 0.15) is 11.1 Å². The number of hydrogen-bond acceptors (Lipinski definition) is 3. The molecule has 1 aromatic heterocycles. The third kappa shape index (κ3) is 4.41. The number of ether oxygens (including phenoxy) is 1. The van der Waals surface area contributed by atoms with E-state index in [0.29, 0.717) is 32.6 Å². The van der Waals surface area contributed by atoms with E-state index < -0.39 is 0 Å². The van der Waals surface area contributed by atoms with Crippen LogP contribution in [0.3, 0.4) is 0 Å². The SMILES string of the molecule is Cc1ccccc1OCC(=O)N1CCN(C(=O)Cc2cc[nH]c2)CC1. The molecule has 2 amide bonds. The lowest BCUT2D eigenvalue weighted by Gasteiger charge is -2.34. The van der Waals surface area contributed by atoms with Gasteiger partial charge in [0, 0.05) is 38.6 Å². The highest BCUT2D eigenvalue weighted by Gasteiger charge is 2.24. The molecule has 1 aliphatic rings. The average molecular weight is 341 g/mol. The van der Waals surface area contributed by atoms with Crippen molar-refractivity contribution in [3.63, 3.8) is 0 Å². The van der Waals surface area contributed by atoms with Crippen molar-refractivity contribution < 1.29 is 14.3 Å². The minimum Gasteiger partial charge on any atom is -0.484 e. The summed E-state index contributed by atoms with van der Waals surface area (Å²) in [5.74, 6) is 0.792. The number of piperazine rings is 1. The van der Waals surface area contributed by atoms with Crippen LogP contribution in [0.4, 0.5) is 0 Å². The highest BCUT2D eigenvalue weighted by molar-refractivity contribution is 5.80. The van der Waals surface area contributed by atoms with Crippen LogP contribution in [0.15, 0.2) is 42.7 Å². The molecule has 0 atom stereocenters. The molecule has 0 spiro atoms. The van der Waals surface area contributed by atoms with Crippen molar-refractivity contribution in [2.45, 2.75) is 13.3 Å². The fourth-order valence-corrected chi connectivity index (χ4v) is 2.91. The van der Waals surface area contributed by atoms with Crippen molar-refractivity contribution in [3.05, 3.63) is 53.9 Å². The number of nitrogens with zero attached hydrogens (tertiary/aromatic N) is 2. The normalized spacial score (nSPS) is 14.4. The first-order chi connectivity index (χ1) is 12.1. The van der Waals surface area contributed by atoms with Gasteiger partial charge in [0.05, 0.1) is 6.42 Å². The Morgan fingerprint density at radius 1 is 1.04 bits per heavy atom. The van der Waals surface area contributed by atoms with Gasteiger partial charge in [-0.3, -0.25) is 9.59 Å². The van der Waals surface area contributed by atoms with Gasteiger partial charge >= 0.3 is 0 Å². The number of aryl methyl sites for hydroxylation is 1. The summed E-state index contributed by atoms with van der Waals surface area (Å²) in [6, 6.07) is 9.55. The molecule has 6 nitrogen and oxygen atoms in total. The number of hydrogen-bond donors (Lipinski definition) is 1. The number of H-pyrrole nitrogens is 1. The highest BCUT2D eigenvalue weighted by Crippen LogP contribution is 2.16. The minimum atomic E-state index is -0.0408. The van der Waals surface area contributed by atoms with Gasteiger partial charge in [-0.2, -0.15) is 0 Å². The zero-order valence-corrected chi connectivity index (χ0v) is 14.4. The van der Waals surface area contributed by atoms with Crippen LogP contribution in [0.2, 0.25) is 0 Å². The summed E-state index contributed by atoms with van der Waals surface area (Å²) in [6.07, 6.45) is 4.04. The molecule has 1 N–H and O–H groups in total. The molecular formula is C19H23N3O3. The molecule has 0 bridgehead atoms. The lowest BCUT2D eigenvalue weighted by atomic mass is 10.2. The van der Waals surface area contributed by atoms with Crippen molar-refractivity contribution >= 4 is 11.8 Å². The Bertz CT molecular complexity index is 719. The number of carbonyl (C=O) groups excluding carboxylic acids is 2. The van der Waals surface area contributed by atoms with Gasteiger partial charge in [-0.05, 0) is 30.2 Å². The molecule has 0 aliphatic carbocycles. The molecular weight excluding hydrogens is 318 g/mol. The maximum atomic E-state index is 12.3. The second kappa shape index (κ2) is 7.88. The molecule has 2 aromatic rings. The molecule has 3 rings (SSSR count). The summed E-state index contributed by atoms with van der Waals surface area (Å²) in [5.41, 5.74) is 1.99. The van der Waals surface area contributed by atoms with E-state index in [4.69, 9.17) is 4.74 Å². The molecule has 0 saturated carbocycles. The zero-order chi connectivity index (χ0) is 17.6. The Kier molecular flexibility index (Phi) is 5.38. The summed E-state index contributed by atoms with van der Waals surface area (Å²) < 4.78 is 5.62. The Morgan fingerprint density at radius 3 is 2.36 bits per heavy atom. The molecule has 1 fully saturated rings. The van der Waals surface area contributed by atoms with Crippen LogP contribution in [0.25, 0.3) is 0 Å². The monoisotopic (exact) mass is 341 g/mol. The first-order valence-corrected chi connectivity index (χ1v) is 8.49. The molecule has 25 heavy (non-hydrogen) atoms. The fraction of sp³-hybridized carbons (Fsp3) is 0.368. The Labute approximate surface area is 147 Å². The maximum absolute atomic E-state index is 12.3. The number of aromatic amines is 1. The predicted octanol–water partition coefficient (Wildman–Crippen LogP) is 1.62. The highest BCUT2D eigenvalue weighted by atomic mass is 16.5. The molecule has 1 aromatic carbocycles. The average Bonchev–Trinajstić information content (AvgIpc) is 3.14. The van der Waals surface area contributed by atoms with E-state index in [0.717, 1.165) is 16.9 Å². The fourth-order valence-electron chi connectivity index (χ4n) is 2.91. The van der Waals surface area contributed by atoms with Gasteiger partial charge in [0.2, 0.25) is 5.91 Å². The number of rotatable bonds is 5. The molecule has 0 radical (unpaired) electrons. The quantitative estimate of drug-likeness (QED) is 0.899. The van der Waals surface area contributed by atoms with Gasteiger partial charge in [-0.1, -0.05) is 18.2 Å². The molecule has 1 aliphatic heterocycles. The number of aromatic nitrogens is 1. The number of nitrogens with one attached hydrogen (secondary N) is 1. The van der Waals surface area contributed by atoms with Gasteiger partial charge < -0.3 is 19.5 Å². The second-order valence-electron chi connectivity index (χ2n) is 6.21. The summed E-state index contributed by atoms with van der Waals surface area (Å²) in [7, 11) is 0. The first-order valence-electron chi connectivity index (χ1n) is 8.49. The van der Waals surface area contributed by atoms with Gasteiger partial charge in [0.1, 0.15) is 5.75 Å². The van der Waals surface area contributed by atoms with Crippen LogP contribution < -0.4 is 4.74 Å². The molecule has 2 heterocycles. The van der Waals surface area contributed by atoms with Gasteiger partial charge in [0.25, 0.3) is 5.91 Å². The number of para-hydroxylation sites is 1. The van der Waals surface area contributed by atoms with Crippen molar-refractivity contribution in [1.29, 1.82) is 0 Å². The third-order valence-electron chi connectivity index (χ3n) is 4.45. The Balaban J connectivity index is 1.44. The topological polar surface area (TPSA) is 65.6 Å². The lowest BCUT2D eigenvalue weighted by molar-refractivity contribution is -0.140. The number of benzene rings is 1. The van der Waals surface area contributed by atoms with E-state index in [-0.39, 0.29) is 18.4 Å². The largest absolute Gasteiger partial charge is 0.484 e. The van der Waals surface area contributed by atoms with E-state index in [1.807, 2.05) is 54.5 Å². The summed E-state index contributed by atoms with van der Waals surface area (Å²) in [4.78, 5) is 31.1. The van der Waals surface area contributed by atoms with E-state index in [2.05, 4.69) is 4.98 Å². The van der Waals surface area contributed by atoms with E-state index >= 15 is 0 Å². The number of amides is 2. The Hall–Kier alpha value is -2.76. The van der Waals surface area contributed by atoms with Crippen LogP contribution in [0.5, 0.6) is 5.75 Å². The molecule has 132 valence electrons. The standard InChI is InChI=1S/C19H23N3O3/c1-15-4-2-3-5-17(15)25-14-19(24)22-10-8-21(9-11-22)18(23)12-16-6-7-20-13-16/h2-7,13,20H,8-12,14H2,1H3. The van der Waals surface area contributed by atoms with Crippen molar-refractivity contribution in [2.24, 2.45) is 0 Å². The summed E-state index contributed by atoms with van der Waals surface area (Å²) >= 11 is 0. The summed E-state index contributed by atoms with van der Waals surface area (Å²) in [6.45, 7) is 4.22. The van der Waals surface area contributed by atoms with Crippen molar-refractivity contribution in [3.8, 4) is 5.75 Å². The van der Waals surface area contributed by atoms with Gasteiger partial charge in [-0.25, -0.2) is 0 Å². The number of carbonyl (C=O) groups is 2. The smallest absolute Gasteiger partial charge is 0.260 e. The van der Waals surface area contributed by atoms with Gasteiger partial charge in [0.15, 0.2) is 6.61 Å². The van der Waals surface area contributed by atoms with E-state index in [1.54, 1.807) is 4.90 Å². The lowest BCUT2D eigenvalue weighted by Crippen LogP contribution is -2.52. The van der Waals surface area contributed by atoms with Crippen LogP contribution in [-0.4, -0.2) is 59.4 Å². The van der Waals surface area contributed by atoms with Crippen LogP contribution in [0, 0.1) is 6.92 Å². The van der Waals surface area contributed by atoms with Gasteiger partial charge in [-0.15, -0.1) is 0 Å². The predicted molar refractivity (Wildman–Crippen MR) is 94.3 cm³/mol. The molecule has 6 heteroatoms. The minimum absolute atomic E-state index is 0.0299. The third-order valence-corrected chi connectivity index (χ3v) is 4.45. The summed E-state index contributed by atoms with van der Waals surface area (Å²) in [5, 5.41) is 0. The molecule has 1 saturated heterocycles. The van der Waals surface area contributed by atoms with Crippen molar-refractivity contribution in [1.82, 2.24) is 14.8 Å². The van der Waals surface area contributed by atoms with Crippen LogP contribution >= 0.6 is 0 Å². The second-order valence-corrected chi connectivity index (χ2v) is 6.21. The Morgan fingerprint density at radius 2 is 1.72 bits per heavy atom. The van der Waals surface area contributed by atoms with E-state index in [1.165, 1.54) is 0 Å². The zero-order valence-electron chi connectivity index (χ0n) is 14.4. The van der Waals surface area contributed by atoms with Crippen molar-refractivity contribution in [2.75, 3.05) is 32.8 Å².